The largest absolute Gasteiger partial charge is 0.469 e. The molecule has 0 aliphatic rings. The van der Waals surface area contributed by atoms with Crippen molar-refractivity contribution in [3.63, 3.8) is 0 Å². The first kappa shape index (κ1) is 13.8. The van der Waals surface area contributed by atoms with Crippen LogP contribution in [0.1, 0.15) is 12.0 Å². The predicted octanol–water partition coefficient (Wildman–Crippen LogP) is 1.06. The molecule has 0 saturated carbocycles. The highest BCUT2D eigenvalue weighted by Crippen LogP contribution is 2.07. The molecule has 0 saturated heterocycles. The minimum Gasteiger partial charge on any atom is -0.469 e. The van der Waals surface area contributed by atoms with E-state index in [9.17, 15) is 9.59 Å². The maximum Gasteiger partial charge on any atom is 0.407 e. The number of hydrogen-bond acceptors (Lipinski definition) is 5. The molecule has 0 fully saturated rings. The SMILES string of the molecule is COC(=O)CCNC(=O)OCc1cccc(N)c1. The fourth-order valence-corrected chi connectivity index (χ4v) is 1.25. The Balaban J connectivity index is 2.23. The van der Waals surface area contributed by atoms with Crippen molar-refractivity contribution in [3.05, 3.63) is 29.8 Å². The Kier molecular flexibility index (Phi) is 5.50. The lowest BCUT2D eigenvalue weighted by Crippen LogP contribution is -2.26. The molecule has 1 rings (SSSR count). The highest BCUT2D eigenvalue weighted by atomic mass is 16.5. The van der Waals surface area contributed by atoms with E-state index in [0.717, 1.165) is 5.56 Å². The Labute approximate surface area is 105 Å². The number of alkyl carbamates (subject to hydrolysis) is 1. The van der Waals surface area contributed by atoms with Gasteiger partial charge in [-0.2, -0.15) is 0 Å². The molecule has 6 heteroatoms. The van der Waals surface area contributed by atoms with E-state index in [1.807, 2.05) is 0 Å². The molecular weight excluding hydrogens is 236 g/mol. The first-order valence-corrected chi connectivity index (χ1v) is 5.43. The van der Waals surface area contributed by atoms with Crippen LogP contribution in [0.3, 0.4) is 0 Å². The molecule has 0 aliphatic carbocycles. The van der Waals surface area contributed by atoms with Crippen molar-refractivity contribution in [2.24, 2.45) is 0 Å². The van der Waals surface area contributed by atoms with Gasteiger partial charge in [-0.15, -0.1) is 0 Å². The van der Waals surface area contributed by atoms with Gasteiger partial charge in [0.1, 0.15) is 6.61 Å². The number of carbonyl (C=O) groups excluding carboxylic acids is 2. The highest BCUT2D eigenvalue weighted by Gasteiger charge is 2.04. The molecular formula is C12H16N2O4. The molecule has 3 N–H and O–H groups in total. The monoisotopic (exact) mass is 252 g/mol. The van der Waals surface area contributed by atoms with Crippen LogP contribution in [0.4, 0.5) is 10.5 Å². The van der Waals surface area contributed by atoms with Crippen LogP contribution < -0.4 is 11.1 Å². The van der Waals surface area contributed by atoms with Crippen molar-refractivity contribution in [2.75, 3.05) is 19.4 Å². The summed E-state index contributed by atoms with van der Waals surface area (Å²) in [6.45, 7) is 0.317. The molecule has 0 aromatic heterocycles. The number of ether oxygens (including phenoxy) is 2. The summed E-state index contributed by atoms with van der Waals surface area (Å²) >= 11 is 0. The van der Waals surface area contributed by atoms with Crippen LogP contribution in [0.25, 0.3) is 0 Å². The average molecular weight is 252 g/mol. The second-order valence-electron chi connectivity index (χ2n) is 3.57. The zero-order valence-electron chi connectivity index (χ0n) is 10.1. The molecule has 0 radical (unpaired) electrons. The second-order valence-corrected chi connectivity index (χ2v) is 3.57. The van der Waals surface area contributed by atoms with E-state index in [1.165, 1.54) is 7.11 Å². The fourth-order valence-electron chi connectivity index (χ4n) is 1.25. The summed E-state index contributed by atoms with van der Waals surface area (Å²) in [5.41, 5.74) is 7.00. The van der Waals surface area contributed by atoms with Crippen LogP contribution >= 0.6 is 0 Å². The molecule has 98 valence electrons. The summed E-state index contributed by atoms with van der Waals surface area (Å²) in [4.78, 5) is 22.0. The summed E-state index contributed by atoms with van der Waals surface area (Å²) < 4.78 is 9.37. The molecule has 0 aliphatic heterocycles. The van der Waals surface area contributed by atoms with Gasteiger partial charge >= 0.3 is 12.1 Å². The number of hydrogen-bond donors (Lipinski definition) is 2. The lowest BCUT2D eigenvalue weighted by atomic mass is 10.2. The fraction of sp³-hybridized carbons (Fsp3) is 0.333. The van der Waals surface area contributed by atoms with Gasteiger partial charge in [-0.1, -0.05) is 12.1 Å². The summed E-state index contributed by atoms with van der Waals surface area (Å²) in [7, 11) is 1.29. The maximum absolute atomic E-state index is 11.3. The zero-order valence-corrected chi connectivity index (χ0v) is 10.1. The molecule has 0 spiro atoms. The smallest absolute Gasteiger partial charge is 0.407 e. The maximum atomic E-state index is 11.3. The van der Waals surface area contributed by atoms with Gasteiger partial charge in [0.15, 0.2) is 0 Å². The van der Waals surface area contributed by atoms with E-state index in [0.29, 0.717) is 5.69 Å². The Morgan fingerprint density at radius 2 is 2.17 bits per heavy atom. The summed E-state index contributed by atoms with van der Waals surface area (Å²) in [5, 5.41) is 2.44. The van der Waals surface area contributed by atoms with Crippen molar-refractivity contribution in [1.82, 2.24) is 5.32 Å². The first-order chi connectivity index (χ1) is 8.61. The first-order valence-electron chi connectivity index (χ1n) is 5.43. The molecule has 0 heterocycles. The zero-order chi connectivity index (χ0) is 13.4. The Morgan fingerprint density at radius 1 is 1.39 bits per heavy atom. The van der Waals surface area contributed by atoms with Gasteiger partial charge in [0, 0.05) is 12.2 Å². The van der Waals surface area contributed by atoms with Crippen LogP contribution in [-0.2, 0) is 20.9 Å². The normalized spacial score (nSPS) is 9.61. The van der Waals surface area contributed by atoms with E-state index in [2.05, 4.69) is 10.1 Å². The van der Waals surface area contributed by atoms with Crippen LogP contribution in [0.2, 0.25) is 0 Å². The molecule has 1 aromatic rings. The van der Waals surface area contributed by atoms with Crippen LogP contribution in [0.15, 0.2) is 24.3 Å². The van der Waals surface area contributed by atoms with Crippen LogP contribution in [0.5, 0.6) is 0 Å². The van der Waals surface area contributed by atoms with Crippen molar-refractivity contribution in [3.8, 4) is 0 Å². The molecule has 1 amide bonds. The topological polar surface area (TPSA) is 90.6 Å². The molecule has 0 bridgehead atoms. The third-order valence-corrected chi connectivity index (χ3v) is 2.15. The molecule has 0 unspecified atom stereocenters. The number of anilines is 1. The molecule has 18 heavy (non-hydrogen) atoms. The third-order valence-electron chi connectivity index (χ3n) is 2.15. The Morgan fingerprint density at radius 3 is 2.83 bits per heavy atom. The summed E-state index contributed by atoms with van der Waals surface area (Å²) in [5.74, 6) is -0.383. The number of esters is 1. The van der Waals surface area contributed by atoms with E-state index < -0.39 is 6.09 Å². The van der Waals surface area contributed by atoms with Crippen molar-refractivity contribution in [2.45, 2.75) is 13.0 Å². The van der Waals surface area contributed by atoms with E-state index in [-0.39, 0.29) is 25.5 Å². The number of nitrogens with two attached hydrogens (primary N) is 1. The van der Waals surface area contributed by atoms with Crippen molar-refractivity contribution < 1.29 is 19.1 Å². The number of amides is 1. The minimum absolute atomic E-state index is 0.115. The van der Waals surface area contributed by atoms with E-state index in [1.54, 1.807) is 24.3 Å². The third kappa shape index (κ3) is 5.20. The summed E-state index contributed by atoms with van der Waals surface area (Å²) in [6, 6.07) is 7.06. The number of nitrogen functional groups attached to an aromatic ring is 1. The van der Waals surface area contributed by atoms with E-state index >= 15 is 0 Å². The van der Waals surface area contributed by atoms with Gasteiger partial charge in [-0.25, -0.2) is 4.79 Å². The average Bonchev–Trinajstić information content (AvgIpc) is 2.36. The minimum atomic E-state index is -0.582. The van der Waals surface area contributed by atoms with Gasteiger partial charge in [-0.05, 0) is 17.7 Å². The Bertz CT molecular complexity index is 420. The van der Waals surface area contributed by atoms with Gasteiger partial charge in [0.25, 0.3) is 0 Å². The number of benzene rings is 1. The van der Waals surface area contributed by atoms with Gasteiger partial charge < -0.3 is 20.5 Å². The number of methoxy groups -OCH3 is 1. The van der Waals surface area contributed by atoms with Gasteiger partial charge in [0.2, 0.25) is 0 Å². The molecule has 6 nitrogen and oxygen atoms in total. The number of carbonyl (C=O) groups is 2. The standard InChI is InChI=1S/C12H16N2O4/c1-17-11(15)5-6-14-12(16)18-8-9-3-2-4-10(13)7-9/h2-4,7H,5-6,8,13H2,1H3,(H,14,16). The quantitative estimate of drug-likeness (QED) is 0.604. The van der Waals surface area contributed by atoms with Crippen LogP contribution in [-0.4, -0.2) is 25.7 Å². The van der Waals surface area contributed by atoms with Crippen LogP contribution in [0, 0.1) is 0 Å². The molecule has 0 atom stereocenters. The second kappa shape index (κ2) is 7.16. The number of rotatable bonds is 5. The highest BCUT2D eigenvalue weighted by molar-refractivity contribution is 5.71. The lowest BCUT2D eigenvalue weighted by molar-refractivity contribution is -0.140. The Hall–Kier alpha value is -2.24. The molecule has 1 aromatic carbocycles. The van der Waals surface area contributed by atoms with Crippen molar-refractivity contribution in [1.29, 1.82) is 0 Å². The van der Waals surface area contributed by atoms with Gasteiger partial charge in [0.05, 0.1) is 13.5 Å². The van der Waals surface area contributed by atoms with Crippen molar-refractivity contribution >= 4 is 17.7 Å². The van der Waals surface area contributed by atoms with E-state index in [4.69, 9.17) is 10.5 Å². The van der Waals surface area contributed by atoms with Gasteiger partial charge in [-0.3, -0.25) is 4.79 Å². The summed E-state index contributed by atoms with van der Waals surface area (Å²) in [6.07, 6.45) is -0.467. The lowest BCUT2D eigenvalue weighted by Gasteiger charge is -2.07. The number of nitrogens with one attached hydrogen (secondary N) is 1. The predicted molar refractivity (Wildman–Crippen MR) is 65.7 cm³/mol.